The summed E-state index contributed by atoms with van der Waals surface area (Å²) < 4.78 is 4.87. The van der Waals surface area contributed by atoms with Crippen LogP contribution in [0.1, 0.15) is 34.6 Å². The number of aliphatic carboxylic acids is 1. The average Bonchev–Trinajstić information content (AvgIpc) is 2.14. The predicted molar refractivity (Wildman–Crippen MR) is 66.0 cm³/mol. The molecule has 0 aliphatic rings. The summed E-state index contributed by atoms with van der Waals surface area (Å²) in [4.78, 5) is 21.6. The highest BCUT2D eigenvalue weighted by Crippen LogP contribution is 2.06. The number of carbonyl (C=O) groups is 2. The van der Waals surface area contributed by atoms with Crippen LogP contribution >= 0.6 is 12.6 Å². The molecule has 0 rings (SSSR count). The van der Waals surface area contributed by atoms with E-state index in [1.807, 2.05) is 13.8 Å². The van der Waals surface area contributed by atoms with Gasteiger partial charge < -0.3 is 15.2 Å². The summed E-state index contributed by atoms with van der Waals surface area (Å²) in [6.07, 6.45) is -0.751. The minimum absolute atomic E-state index is 0.0224. The predicted octanol–water partition coefficient (Wildman–Crippen LogP) is 1.92. The smallest absolute Gasteiger partial charge is 0.408 e. The van der Waals surface area contributed by atoms with Crippen LogP contribution in [0.3, 0.4) is 0 Å². The molecule has 6 heteroatoms. The molecule has 0 aromatic rings. The van der Waals surface area contributed by atoms with Gasteiger partial charge in [-0.15, -0.1) is 0 Å². The standard InChI is InChI=1S/C8H15NO4S.C2H6/c1-8(2,3)13-7(12)9-5(4-14)6(10)11;1-2/h5,14H,4H2,1-3H3,(H,9,12)(H,10,11);1-2H3/t5-;/m0./s1. The second-order valence-electron chi connectivity index (χ2n) is 3.72. The SMILES string of the molecule is CC.CC(C)(C)OC(=O)N[C@@H](CS)C(=O)O. The third-order valence-corrected chi connectivity index (χ3v) is 1.54. The van der Waals surface area contributed by atoms with E-state index in [4.69, 9.17) is 9.84 Å². The van der Waals surface area contributed by atoms with Crippen molar-refractivity contribution in [1.29, 1.82) is 0 Å². The van der Waals surface area contributed by atoms with Crippen LogP contribution in [-0.2, 0) is 9.53 Å². The van der Waals surface area contributed by atoms with E-state index in [-0.39, 0.29) is 5.75 Å². The van der Waals surface area contributed by atoms with Gasteiger partial charge in [-0.25, -0.2) is 9.59 Å². The topological polar surface area (TPSA) is 75.6 Å². The Kier molecular flexibility index (Phi) is 9.03. The van der Waals surface area contributed by atoms with E-state index in [2.05, 4.69) is 17.9 Å². The molecule has 0 aromatic heterocycles. The first kappa shape index (κ1) is 17.5. The van der Waals surface area contributed by atoms with Gasteiger partial charge in [-0.1, -0.05) is 13.8 Å². The number of carboxylic acids is 1. The molecule has 5 nitrogen and oxygen atoms in total. The minimum Gasteiger partial charge on any atom is -0.480 e. The van der Waals surface area contributed by atoms with Crippen molar-refractivity contribution in [2.24, 2.45) is 0 Å². The van der Waals surface area contributed by atoms with Crippen LogP contribution in [0.4, 0.5) is 4.79 Å². The van der Waals surface area contributed by atoms with Gasteiger partial charge in [-0.2, -0.15) is 12.6 Å². The number of alkyl carbamates (subject to hydrolysis) is 1. The van der Waals surface area contributed by atoms with Crippen LogP contribution in [0.15, 0.2) is 0 Å². The van der Waals surface area contributed by atoms with Crippen molar-refractivity contribution in [1.82, 2.24) is 5.32 Å². The van der Waals surface area contributed by atoms with Gasteiger partial charge in [-0.05, 0) is 20.8 Å². The highest BCUT2D eigenvalue weighted by molar-refractivity contribution is 7.80. The summed E-state index contributed by atoms with van der Waals surface area (Å²) in [5.74, 6) is -1.11. The molecule has 0 fully saturated rings. The first-order valence-corrected chi connectivity index (χ1v) is 5.72. The Balaban J connectivity index is 0. The molecule has 0 unspecified atom stereocenters. The van der Waals surface area contributed by atoms with Crippen molar-refractivity contribution in [2.75, 3.05) is 5.75 Å². The largest absolute Gasteiger partial charge is 0.480 e. The van der Waals surface area contributed by atoms with Crippen molar-refractivity contribution in [3.05, 3.63) is 0 Å². The fraction of sp³-hybridized carbons (Fsp3) is 0.800. The molecular weight excluding hydrogens is 230 g/mol. The molecule has 2 N–H and O–H groups in total. The second-order valence-corrected chi connectivity index (χ2v) is 4.08. The highest BCUT2D eigenvalue weighted by Gasteiger charge is 2.22. The van der Waals surface area contributed by atoms with Crippen molar-refractivity contribution in [3.8, 4) is 0 Å². The molecule has 1 atom stereocenters. The van der Waals surface area contributed by atoms with E-state index < -0.39 is 23.7 Å². The second kappa shape index (κ2) is 8.27. The van der Waals surface area contributed by atoms with E-state index in [0.717, 1.165) is 0 Å². The summed E-state index contributed by atoms with van der Waals surface area (Å²) in [5, 5.41) is 10.8. The highest BCUT2D eigenvalue weighted by atomic mass is 32.1. The number of carbonyl (C=O) groups excluding carboxylic acids is 1. The van der Waals surface area contributed by atoms with Crippen LogP contribution in [-0.4, -0.2) is 34.6 Å². The Labute approximate surface area is 102 Å². The first-order valence-electron chi connectivity index (χ1n) is 5.09. The van der Waals surface area contributed by atoms with Gasteiger partial charge in [-0.3, -0.25) is 0 Å². The van der Waals surface area contributed by atoms with Gasteiger partial charge in [0, 0.05) is 5.75 Å². The van der Waals surface area contributed by atoms with E-state index in [0.29, 0.717) is 0 Å². The van der Waals surface area contributed by atoms with Gasteiger partial charge in [0.2, 0.25) is 0 Å². The Morgan fingerprint density at radius 1 is 1.38 bits per heavy atom. The first-order chi connectivity index (χ1) is 7.26. The molecule has 0 heterocycles. The van der Waals surface area contributed by atoms with E-state index >= 15 is 0 Å². The lowest BCUT2D eigenvalue weighted by molar-refractivity contribution is -0.138. The number of carboxylic acid groups (broad SMARTS) is 1. The molecule has 0 radical (unpaired) electrons. The lowest BCUT2D eigenvalue weighted by atomic mass is 10.2. The average molecular weight is 251 g/mol. The molecule has 0 aromatic carbocycles. The summed E-state index contributed by atoms with van der Waals surface area (Å²) >= 11 is 3.79. The number of rotatable bonds is 3. The molecule has 0 aliphatic heterocycles. The van der Waals surface area contributed by atoms with E-state index in [1.54, 1.807) is 20.8 Å². The summed E-state index contributed by atoms with van der Waals surface area (Å²) in [5.41, 5.74) is -0.635. The molecule has 1 amide bonds. The molecule has 16 heavy (non-hydrogen) atoms. The number of hydrogen-bond donors (Lipinski definition) is 3. The maximum Gasteiger partial charge on any atom is 0.408 e. The van der Waals surface area contributed by atoms with Crippen molar-refractivity contribution < 1.29 is 19.4 Å². The van der Waals surface area contributed by atoms with Gasteiger partial charge in [0.15, 0.2) is 0 Å². The number of amides is 1. The lowest BCUT2D eigenvalue weighted by Crippen LogP contribution is -2.44. The van der Waals surface area contributed by atoms with Crippen molar-refractivity contribution >= 4 is 24.7 Å². The van der Waals surface area contributed by atoms with Gasteiger partial charge in [0.05, 0.1) is 0 Å². The Hall–Kier alpha value is -0.910. The monoisotopic (exact) mass is 251 g/mol. The Morgan fingerprint density at radius 3 is 2.06 bits per heavy atom. The fourth-order valence-electron chi connectivity index (χ4n) is 0.635. The van der Waals surface area contributed by atoms with Crippen LogP contribution < -0.4 is 5.32 Å². The van der Waals surface area contributed by atoms with Crippen LogP contribution in [0.2, 0.25) is 0 Å². The van der Waals surface area contributed by atoms with Crippen LogP contribution in [0, 0.1) is 0 Å². The maximum atomic E-state index is 11.1. The van der Waals surface area contributed by atoms with Gasteiger partial charge >= 0.3 is 12.1 Å². The quantitative estimate of drug-likeness (QED) is 0.670. The zero-order valence-corrected chi connectivity index (χ0v) is 11.3. The molecule has 0 saturated carbocycles. The number of hydrogen-bond acceptors (Lipinski definition) is 4. The zero-order valence-electron chi connectivity index (χ0n) is 10.4. The third kappa shape index (κ3) is 9.64. The number of nitrogens with one attached hydrogen (secondary N) is 1. The Morgan fingerprint density at radius 2 is 1.81 bits per heavy atom. The lowest BCUT2D eigenvalue weighted by Gasteiger charge is -2.21. The van der Waals surface area contributed by atoms with Crippen LogP contribution in [0.5, 0.6) is 0 Å². The number of thiol groups is 1. The van der Waals surface area contributed by atoms with Gasteiger partial charge in [0.1, 0.15) is 11.6 Å². The molecule has 0 aliphatic carbocycles. The molecule has 0 saturated heterocycles. The molecule has 0 bridgehead atoms. The normalized spacial score (nSPS) is 11.9. The summed E-state index contributed by atoms with van der Waals surface area (Å²) in [6.45, 7) is 9.09. The minimum atomic E-state index is -1.13. The van der Waals surface area contributed by atoms with Gasteiger partial charge in [0.25, 0.3) is 0 Å². The van der Waals surface area contributed by atoms with E-state index in [1.165, 1.54) is 0 Å². The fourth-order valence-corrected chi connectivity index (χ4v) is 0.883. The zero-order chi connectivity index (χ0) is 13.4. The molecule has 0 spiro atoms. The maximum absolute atomic E-state index is 11.1. The molecular formula is C10H21NO4S. The Bertz CT molecular complexity index is 225. The van der Waals surface area contributed by atoms with Crippen LogP contribution in [0.25, 0.3) is 0 Å². The third-order valence-electron chi connectivity index (χ3n) is 1.17. The summed E-state index contributed by atoms with van der Waals surface area (Å²) in [6, 6.07) is -1.02. The van der Waals surface area contributed by atoms with Crippen molar-refractivity contribution in [3.63, 3.8) is 0 Å². The molecule has 96 valence electrons. The summed E-state index contributed by atoms with van der Waals surface area (Å²) in [7, 11) is 0. The number of ether oxygens (including phenoxy) is 1. The van der Waals surface area contributed by atoms with Crippen molar-refractivity contribution in [2.45, 2.75) is 46.3 Å². The van der Waals surface area contributed by atoms with E-state index in [9.17, 15) is 9.59 Å².